The smallest absolute Gasteiger partial charge is 0.338 e. The summed E-state index contributed by atoms with van der Waals surface area (Å²) in [6, 6.07) is 11.6. The van der Waals surface area contributed by atoms with Crippen LogP contribution >= 0.6 is 11.3 Å². The molecule has 0 radical (unpaired) electrons. The van der Waals surface area contributed by atoms with Crippen LogP contribution in [-0.2, 0) is 14.3 Å². The number of aromatic carboxylic acids is 1. The first-order chi connectivity index (χ1) is 20.8. The molecule has 0 saturated carbocycles. The molecule has 226 valence electrons. The van der Waals surface area contributed by atoms with Crippen molar-refractivity contribution in [2.45, 2.75) is 32.0 Å². The average Bonchev–Trinajstić information content (AvgIpc) is 3.67. The third kappa shape index (κ3) is 6.26. The average molecular weight is 610 g/mol. The SMILES string of the molecule is COc1ccccc1C(CN(C)c1sc(-c2ncco2)c(C)c1N(C=O)c1cccc(C(=O)O)c1F)OC1CCOCC1. The van der Waals surface area contributed by atoms with Crippen molar-refractivity contribution in [1.82, 2.24) is 4.98 Å². The Bertz CT molecular complexity index is 1570. The Morgan fingerprint density at radius 2 is 2.00 bits per heavy atom. The maximum absolute atomic E-state index is 15.5. The summed E-state index contributed by atoms with van der Waals surface area (Å²) in [4.78, 5) is 32.3. The van der Waals surface area contributed by atoms with Gasteiger partial charge in [0.05, 0.1) is 41.2 Å². The van der Waals surface area contributed by atoms with Gasteiger partial charge in [-0.2, -0.15) is 0 Å². The Morgan fingerprint density at radius 1 is 1.23 bits per heavy atom. The van der Waals surface area contributed by atoms with Gasteiger partial charge in [-0.15, -0.1) is 11.3 Å². The topological polar surface area (TPSA) is 115 Å². The standard InChI is InChI=1S/C31H32FN3O7S/c1-19-27(35(18-36)23-9-6-8-22(26(23)32)31(37)38)30(43-28(19)29-33-13-16-41-29)34(2)17-25(42-20-11-14-40-15-12-20)21-7-4-5-10-24(21)39-3/h4-10,13,16,18,20,25H,11-12,14-15,17H2,1-3H3,(H,37,38). The largest absolute Gasteiger partial charge is 0.496 e. The summed E-state index contributed by atoms with van der Waals surface area (Å²) in [7, 11) is 3.47. The lowest BCUT2D eigenvalue weighted by Gasteiger charge is -2.32. The summed E-state index contributed by atoms with van der Waals surface area (Å²) in [5, 5.41) is 10.1. The molecule has 0 bridgehead atoms. The summed E-state index contributed by atoms with van der Waals surface area (Å²) >= 11 is 1.32. The number of para-hydroxylation sites is 1. The Hall–Kier alpha value is -4.26. The first kappa shape index (κ1) is 30.2. The lowest BCUT2D eigenvalue weighted by molar-refractivity contribution is -0.106. The second kappa shape index (κ2) is 13.4. The Kier molecular flexibility index (Phi) is 9.39. The van der Waals surface area contributed by atoms with Crippen molar-refractivity contribution in [3.8, 4) is 16.5 Å². The van der Waals surface area contributed by atoms with Crippen LogP contribution in [0.1, 0.15) is 40.4 Å². The molecule has 1 amide bonds. The predicted molar refractivity (Wildman–Crippen MR) is 160 cm³/mol. The Balaban J connectivity index is 1.60. The van der Waals surface area contributed by atoms with Gasteiger partial charge in [0, 0.05) is 32.4 Å². The number of hydrogen-bond donors (Lipinski definition) is 1. The van der Waals surface area contributed by atoms with Crippen molar-refractivity contribution in [3.63, 3.8) is 0 Å². The number of thiophene rings is 1. The van der Waals surface area contributed by atoms with Crippen LogP contribution in [0, 0.1) is 12.7 Å². The highest BCUT2D eigenvalue weighted by molar-refractivity contribution is 7.20. The number of carbonyl (C=O) groups is 2. The van der Waals surface area contributed by atoms with Gasteiger partial charge in [-0.1, -0.05) is 24.3 Å². The molecule has 4 aromatic rings. The zero-order chi connectivity index (χ0) is 30.5. The molecule has 2 aromatic carbocycles. The van der Waals surface area contributed by atoms with Crippen LogP contribution in [0.2, 0.25) is 0 Å². The van der Waals surface area contributed by atoms with Gasteiger partial charge in [0.1, 0.15) is 23.1 Å². The lowest BCUT2D eigenvalue weighted by Crippen LogP contribution is -2.32. The number of carboxylic acids is 1. The minimum absolute atomic E-state index is 0.0242. The molecular formula is C31H32FN3O7S. The highest BCUT2D eigenvalue weighted by Crippen LogP contribution is 2.49. The monoisotopic (exact) mass is 609 g/mol. The van der Waals surface area contributed by atoms with E-state index in [1.807, 2.05) is 36.2 Å². The summed E-state index contributed by atoms with van der Waals surface area (Å²) in [5.41, 5.74) is 1.12. The number of likely N-dealkylation sites (N-methyl/N-ethyl adjacent to an activating group) is 1. The number of aromatic nitrogens is 1. The molecule has 2 aromatic heterocycles. The third-order valence-corrected chi connectivity index (χ3v) is 8.72. The van der Waals surface area contributed by atoms with Crippen LogP contribution in [0.25, 0.3) is 10.8 Å². The van der Waals surface area contributed by atoms with E-state index < -0.39 is 23.5 Å². The summed E-state index contributed by atoms with van der Waals surface area (Å²) < 4.78 is 38.9. The molecule has 1 unspecified atom stereocenters. The third-order valence-electron chi connectivity index (χ3n) is 7.34. The molecule has 3 heterocycles. The van der Waals surface area contributed by atoms with Crippen LogP contribution < -0.4 is 14.5 Å². The molecule has 0 aliphatic carbocycles. The number of halogens is 1. The van der Waals surface area contributed by atoms with Crippen LogP contribution in [0.4, 0.5) is 20.8 Å². The summed E-state index contributed by atoms with van der Waals surface area (Å²) in [6.45, 7) is 3.36. The summed E-state index contributed by atoms with van der Waals surface area (Å²) in [5.74, 6) is -1.43. The first-order valence-electron chi connectivity index (χ1n) is 13.7. The van der Waals surface area contributed by atoms with Crippen molar-refractivity contribution in [1.29, 1.82) is 0 Å². The quantitative estimate of drug-likeness (QED) is 0.187. The fraction of sp³-hybridized carbons (Fsp3) is 0.323. The normalized spacial score (nSPS) is 14.3. The highest BCUT2D eigenvalue weighted by atomic mass is 32.1. The number of benzene rings is 2. The van der Waals surface area contributed by atoms with E-state index >= 15 is 4.39 Å². The van der Waals surface area contributed by atoms with Crippen molar-refractivity contribution in [3.05, 3.63) is 77.4 Å². The molecule has 1 aliphatic rings. The summed E-state index contributed by atoms with van der Waals surface area (Å²) in [6.07, 6.45) is 4.50. The fourth-order valence-electron chi connectivity index (χ4n) is 5.20. The van der Waals surface area contributed by atoms with E-state index in [9.17, 15) is 14.7 Å². The van der Waals surface area contributed by atoms with E-state index in [1.165, 1.54) is 35.9 Å². The zero-order valence-electron chi connectivity index (χ0n) is 24.0. The van der Waals surface area contributed by atoms with Gasteiger partial charge >= 0.3 is 5.97 Å². The van der Waals surface area contributed by atoms with E-state index in [4.69, 9.17) is 18.6 Å². The predicted octanol–water partition coefficient (Wildman–Crippen LogP) is 6.23. The molecule has 0 spiro atoms. The van der Waals surface area contributed by atoms with E-state index in [1.54, 1.807) is 14.0 Å². The molecular weight excluding hydrogens is 577 g/mol. The van der Waals surface area contributed by atoms with Crippen LogP contribution in [0.15, 0.2) is 59.3 Å². The number of ether oxygens (including phenoxy) is 3. The fourth-order valence-corrected chi connectivity index (χ4v) is 6.41. The molecule has 1 fully saturated rings. The first-order valence-corrected chi connectivity index (χ1v) is 14.5. The van der Waals surface area contributed by atoms with Crippen LogP contribution in [0.3, 0.4) is 0 Å². The lowest BCUT2D eigenvalue weighted by atomic mass is 10.1. The van der Waals surface area contributed by atoms with Gasteiger partial charge < -0.3 is 28.6 Å². The van der Waals surface area contributed by atoms with Gasteiger partial charge in [0.25, 0.3) is 0 Å². The number of carboxylic acid groups (broad SMARTS) is 1. The number of rotatable bonds is 12. The van der Waals surface area contributed by atoms with Crippen LogP contribution in [0.5, 0.6) is 5.75 Å². The van der Waals surface area contributed by atoms with Gasteiger partial charge in [-0.05, 0) is 43.5 Å². The number of nitrogens with zero attached hydrogens (tertiary/aromatic N) is 3. The zero-order valence-corrected chi connectivity index (χ0v) is 24.8. The maximum Gasteiger partial charge on any atom is 0.338 e. The number of amides is 1. The minimum Gasteiger partial charge on any atom is -0.496 e. The van der Waals surface area contributed by atoms with Gasteiger partial charge in [-0.3, -0.25) is 9.69 Å². The molecule has 43 heavy (non-hydrogen) atoms. The van der Waals surface area contributed by atoms with E-state index in [2.05, 4.69) is 4.98 Å². The molecule has 1 aliphatic heterocycles. The van der Waals surface area contributed by atoms with E-state index in [0.29, 0.717) is 58.9 Å². The molecule has 12 heteroatoms. The number of anilines is 3. The van der Waals surface area contributed by atoms with Crippen molar-refractivity contribution in [2.75, 3.05) is 43.7 Å². The van der Waals surface area contributed by atoms with Crippen molar-refractivity contribution in [2.24, 2.45) is 0 Å². The number of oxazole rings is 1. The molecule has 1 atom stereocenters. The molecule has 5 rings (SSSR count). The number of hydrogen-bond acceptors (Lipinski definition) is 9. The number of methoxy groups -OCH3 is 1. The van der Waals surface area contributed by atoms with Gasteiger partial charge in [-0.25, -0.2) is 14.2 Å². The second-order valence-electron chi connectivity index (χ2n) is 10.0. The maximum atomic E-state index is 15.5. The van der Waals surface area contributed by atoms with Crippen molar-refractivity contribution < 1.29 is 37.7 Å². The van der Waals surface area contributed by atoms with E-state index in [-0.39, 0.29) is 11.8 Å². The number of carbonyl (C=O) groups excluding carboxylic acids is 1. The van der Waals surface area contributed by atoms with Crippen LogP contribution in [-0.4, -0.2) is 62.5 Å². The Morgan fingerprint density at radius 3 is 2.67 bits per heavy atom. The molecule has 1 saturated heterocycles. The molecule has 10 nitrogen and oxygen atoms in total. The highest BCUT2D eigenvalue weighted by Gasteiger charge is 2.31. The van der Waals surface area contributed by atoms with E-state index in [0.717, 1.165) is 29.4 Å². The second-order valence-corrected chi connectivity index (χ2v) is 11.0. The van der Waals surface area contributed by atoms with Gasteiger partial charge in [0.2, 0.25) is 12.3 Å². The van der Waals surface area contributed by atoms with Gasteiger partial charge in [0.15, 0.2) is 5.82 Å². The minimum atomic E-state index is -1.44. The van der Waals surface area contributed by atoms with Crippen molar-refractivity contribution >= 4 is 40.1 Å². The Labute approximate surface area is 252 Å². The molecule has 1 N–H and O–H groups in total.